The number of amides is 2. The van der Waals surface area contributed by atoms with Gasteiger partial charge in [-0.2, -0.15) is 0 Å². The van der Waals surface area contributed by atoms with Gasteiger partial charge >= 0.3 is 5.97 Å². The molecule has 1 aliphatic rings. The van der Waals surface area contributed by atoms with E-state index in [0.29, 0.717) is 4.91 Å². The number of imide groups is 1. The largest absolute Gasteiger partial charge is 0.465 e. The maximum absolute atomic E-state index is 12.7. The fourth-order valence-corrected chi connectivity index (χ4v) is 4.38. The number of carbonyl (C=O) groups excluding carboxylic acids is 3. The molecule has 2 aromatic rings. The molecule has 31 heavy (non-hydrogen) atoms. The van der Waals surface area contributed by atoms with E-state index in [2.05, 4.69) is 49.6 Å². The molecule has 0 radical (unpaired) electrons. The quantitative estimate of drug-likeness (QED) is 0.484. The number of aryl methyl sites for hydroxylation is 1. The lowest BCUT2D eigenvalue weighted by Crippen LogP contribution is -2.34. The van der Waals surface area contributed by atoms with Gasteiger partial charge in [0.15, 0.2) is 0 Å². The van der Waals surface area contributed by atoms with Gasteiger partial charge in [0.05, 0.1) is 11.5 Å². The summed E-state index contributed by atoms with van der Waals surface area (Å²) in [5.41, 5.74) is 5.24. The predicted octanol–water partition coefficient (Wildman–Crippen LogP) is 4.99. The number of rotatable bonds is 5. The molecule has 1 fully saturated rings. The topological polar surface area (TPSA) is 68.6 Å². The van der Waals surface area contributed by atoms with Gasteiger partial charge in [0, 0.05) is 17.1 Å². The van der Waals surface area contributed by atoms with Crippen molar-refractivity contribution in [3.63, 3.8) is 0 Å². The Morgan fingerprint density at radius 3 is 2.35 bits per heavy atom. The van der Waals surface area contributed by atoms with Gasteiger partial charge in [0.1, 0.15) is 6.54 Å². The third-order valence-electron chi connectivity index (χ3n) is 5.21. The summed E-state index contributed by atoms with van der Waals surface area (Å²) in [6, 6.07) is 10.4. The fourth-order valence-electron chi connectivity index (χ4n) is 3.55. The van der Waals surface area contributed by atoms with Crippen molar-refractivity contribution < 1.29 is 19.1 Å². The van der Waals surface area contributed by atoms with Crippen LogP contribution in [0.1, 0.15) is 50.2 Å². The molecule has 0 unspecified atom stereocenters. The second kappa shape index (κ2) is 8.75. The average Bonchev–Trinajstić information content (AvgIpc) is 3.11. The van der Waals surface area contributed by atoms with E-state index in [4.69, 9.17) is 4.74 Å². The predicted molar refractivity (Wildman–Crippen MR) is 123 cm³/mol. The second-order valence-electron chi connectivity index (χ2n) is 8.53. The number of benzene rings is 1. The van der Waals surface area contributed by atoms with Crippen LogP contribution in [0.5, 0.6) is 0 Å². The van der Waals surface area contributed by atoms with Crippen LogP contribution < -0.4 is 0 Å². The summed E-state index contributed by atoms with van der Waals surface area (Å²) >= 11 is 0.843. The fraction of sp³-hybridized carbons (Fsp3) is 0.375. The molecule has 0 atom stereocenters. The number of esters is 1. The highest BCUT2D eigenvalue weighted by Crippen LogP contribution is 2.34. The first kappa shape index (κ1) is 22.9. The van der Waals surface area contributed by atoms with Crippen LogP contribution in [-0.2, 0) is 19.7 Å². The van der Waals surface area contributed by atoms with E-state index in [9.17, 15) is 14.4 Å². The van der Waals surface area contributed by atoms with E-state index in [-0.39, 0.29) is 18.6 Å². The molecule has 1 aromatic carbocycles. The summed E-state index contributed by atoms with van der Waals surface area (Å²) < 4.78 is 6.98. The Labute approximate surface area is 187 Å². The summed E-state index contributed by atoms with van der Waals surface area (Å²) in [7, 11) is 0. The molecule has 1 aliphatic heterocycles. The van der Waals surface area contributed by atoms with E-state index in [1.165, 1.54) is 5.56 Å². The van der Waals surface area contributed by atoms with Crippen molar-refractivity contribution in [1.82, 2.24) is 9.47 Å². The molecule has 7 heteroatoms. The smallest absolute Gasteiger partial charge is 0.326 e. The molecule has 2 amide bonds. The SMILES string of the molecule is CCOC(=O)CN1C(=O)S/C(=C/c2cc(C)n(-c3ccc(C(C)(C)C)cc3)c2C)C1=O. The average molecular weight is 441 g/mol. The molecular weight excluding hydrogens is 412 g/mol. The van der Waals surface area contributed by atoms with Gasteiger partial charge in [-0.15, -0.1) is 0 Å². The minimum atomic E-state index is -0.595. The van der Waals surface area contributed by atoms with Gasteiger partial charge in [-0.3, -0.25) is 19.3 Å². The zero-order valence-electron chi connectivity index (χ0n) is 18.8. The Balaban J connectivity index is 1.89. The van der Waals surface area contributed by atoms with Crippen molar-refractivity contribution >= 4 is 35.0 Å². The van der Waals surface area contributed by atoms with E-state index in [1.54, 1.807) is 13.0 Å². The first-order chi connectivity index (χ1) is 14.5. The van der Waals surface area contributed by atoms with E-state index in [0.717, 1.165) is 39.3 Å². The Morgan fingerprint density at radius 2 is 1.77 bits per heavy atom. The lowest BCUT2D eigenvalue weighted by molar-refractivity contribution is -0.145. The number of hydrogen-bond donors (Lipinski definition) is 0. The van der Waals surface area contributed by atoms with Crippen molar-refractivity contribution in [2.45, 2.75) is 47.0 Å². The molecule has 3 rings (SSSR count). The summed E-state index contributed by atoms with van der Waals surface area (Å²) in [5, 5.41) is -0.462. The minimum absolute atomic E-state index is 0.0803. The number of nitrogens with zero attached hydrogens (tertiary/aromatic N) is 2. The van der Waals surface area contributed by atoms with Gasteiger partial charge in [-0.05, 0) is 73.4 Å². The van der Waals surface area contributed by atoms with Crippen LogP contribution in [0.2, 0.25) is 0 Å². The summed E-state index contributed by atoms with van der Waals surface area (Å²) in [5.74, 6) is -1.06. The van der Waals surface area contributed by atoms with E-state index >= 15 is 0 Å². The highest BCUT2D eigenvalue weighted by Gasteiger charge is 2.36. The Kier molecular flexibility index (Phi) is 6.46. The Bertz CT molecular complexity index is 1060. The maximum atomic E-state index is 12.7. The van der Waals surface area contributed by atoms with Crippen LogP contribution in [0.15, 0.2) is 35.2 Å². The number of carbonyl (C=O) groups is 3. The molecule has 0 N–H and O–H groups in total. The van der Waals surface area contributed by atoms with Crippen LogP contribution in [0.25, 0.3) is 11.8 Å². The zero-order valence-corrected chi connectivity index (χ0v) is 19.6. The van der Waals surface area contributed by atoms with Crippen LogP contribution >= 0.6 is 11.8 Å². The lowest BCUT2D eigenvalue weighted by Gasteiger charge is -2.20. The Morgan fingerprint density at radius 1 is 1.13 bits per heavy atom. The standard InChI is InChI=1S/C24H28N2O4S/c1-7-30-21(27)14-25-22(28)20(31-23(25)29)13-17-12-15(2)26(16(17)3)19-10-8-18(9-11-19)24(4,5)6/h8-13H,7,14H2,1-6H3/b20-13+. The molecule has 0 spiro atoms. The first-order valence-electron chi connectivity index (χ1n) is 10.2. The van der Waals surface area contributed by atoms with Crippen molar-refractivity contribution in [3.05, 3.63) is 57.8 Å². The van der Waals surface area contributed by atoms with Crippen LogP contribution in [0.3, 0.4) is 0 Å². The normalized spacial score (nSPS) is 15.8. The van der Waals surface area contributed by atoms with Crippen molar-refractivity contribution in [3.8, 4) is 5.69 Å². The van der Waals surface area contributed by atoms with E-state index < -0.39 is 17.1 Å². The molecule has 164 valence electrons. The second-order valence-corrected chi connectivity index (χ2v) is 9.52. The van der Waals surface area contributed by atoms with Crippen molar-refractivity contribution in [2.24, 2.45) is 0 Å². The summed E-state index contributed by atoms with van der Waals surface area (Å²) in [6.07, 6.45) is 1.72. The third kappa shape index (κ3) is 4.77. The van der Waals surface area contributed by atoms with Gasteiger partial charge in [-0.25, -0.2) is 0 Å². The maximum Gasteiger partial charge on any atom is 0.326 e. The highest BCUT2D eigenvalue weighted by molar-refractivity contribution is 8.18. The molecule has 2 heterocycles. The molecule has 6 nitrogen and oxygen atoms in total. The third-order valence-corrected chi connectivity index (χ3v) is 6.12. The lowest BCUT2D eigenvalue weighted by atomic mass is 9.87. The molecular formula is C24H28N2O4S. The number of aromatic nitrogens is 1. The zero-order chi connectivity index (χ0) is 22.9. The van der Waals surface area contributed by atoms with Crippen LogP contribution in [0, 0.1) is 13.8 Å². The van der Waals surface area contributed by atoms with Crippen molar-refractivity contribution in [1.29, 1.82) is 0 Å². The number of thioether (sulfide) groups is 1. The molecule has 0 saturated carbocycles. The molecule has 1 saturated heterocycles. The monoisotopic (exact) mass is 440 g/mol. The van der Waals surface area contributed by atoms with Crippen LogP contribution in [0.4, 0.5) is 4.79 Å². The number of ether oxygens (including phenoxy) is 1. The Hall–Kier alpha value is -2.80. The minimum Gasteiger partial charge on any atom is -0.465 e. The summed E-state index contributed by atoms with van der Waals surface area (Å²) in [6.45, 7) is 12.1. The van der Waals surface area contributed by atoms with Gasteiger partial charge in [0.2, 0.25) is 0 Å². The molecule has 0 bridgehead atoms. The van der Waals surface area contributed by atoms with Gasteiger partial charge < -0.3 is 9.30 Å². The van der Waals surface area contributed by atoms with Crippen LogP contribution in [-0.4, -0.2) is 39.7 Å². The van der Waals surface area contributed by atoms with Crippen molar-refractivity contribution in [2.75, 3.05) is 13.2 Å². The van der Waals surface area contributed by atoms with Gasteiger partial charge in [-0.1, -0.05) is 32.9 Å². The summed E-state index contributed by atoms with van der Waals surface area (Å²) in [4.78, 5) is 37.8. The first-order valence-corrected chi connectivity index (χ1v) is 11.1. The van der Waals surface area contributed by atoms with Gasteiger partial charge in [0.25, 0.3) is 11.1 Å². The highest BCUT2D eigenvalue weighted by atomic mass is 32.2. The molecule has 0 aliphatic carbocycles. The molecule has 1 aromatic heterocycles. The number of hydrogen-bond acceptors (Lipinski definition) is 5. The van der Waals surface area contributed by atoms with E-state index in [1.807, 2.05) is 19.9 Å².